The molecule has 1 aromatic heterocycles. The Hall–Kier alpha value is -2.37. The fraction of sp³-hybridized carbons (Fsp3) is 0.400. The van der Waals surface area contributed by atoms with Crippen LogP contribution < -0.4 is 5.73 Å². The average Bonchev–Trinajstić information content (AvgIpc) is 2.88. The van der Waals surface area contributed by atoms with Gasteiger partial charge in [0.1, 0.15) is 6.33 Å². The van der Waals surface area contributed by atoms with E-state index in [1.807, 2.05) is 19.9 Å². The molecule has 21 heavy (non-hydrogen) atoms. The Labute approximate surface area is 123 Å². The summed E-state index contributed by atoms with van der Waals surface area (Å²) in [6.07, 6.45) is 2.41. The van der Waals surface area contributed by atoms with E-state index in [-0.39, 0.29) is 6.61 Å². The Balaban J connectivity index is 2.08. The van der Waals surface area contributed by atoms with Crippen LogP contribution in [0.25, 0.3) is 0 Å². The number of rotatable bonds is 5. The van der Waals surface area contributed by atoms with E-state index in [2.05, 4.69) is 17.0 Å². The van der Waals surface area contributed by atoms with Gasteiger partial charge in [-0.25, -0.2) is 14.5 Å². The molecule has 0 aliphatic rings. The van der Waals surface area contributed by atoms with Gasteiger partial charge in [-0.15, -0.1) is 0 Å². The van der Waals surface area contributed by atoms with Gasteiger partial charge < -0.3 is 10.5 Å². The normalized spacial score (nSPS) is 10.6. The van der Waals surface area contributed by atoms with Gasteiger partial charge >= 0.3 is 5.97 Å². The number of nitrogens with two attached hydrogens (primary N) is 1. The zero-order valence-corrected chi connectivity index (χ0v) is 12.6. The van der Waals surface area contributed by atoms with Crippen LogP contribution in [-0.4, -0.2) is 20.7 Å². The molecule has 0 saturated heterocycles. The standard InChI is InChI=1S/C15H20N4O2/c1-4-5-19-14(17-9-18-19)8-21-15(20)12-7-13(16)11(3)6-10(12)2/h6-7,9H,4-5,8,16H2,1-3H3. The lowest BCUT2D eigenvalue weighted by atomic mass is 10.0. The van der Waals surface area contributed by atoms with Crippen LogP contribution in [0.3, 0.4) is 0 Å². The lowest BCUT2D eigenvalue weighted by Gasteiger charge is -2.10. The monoisotopic (exact) mass is 288 g/mol. The van der Waals surface area contributed by atoms with E-state index in [1.165, 1.54) is 6.33 Å². The molecule has 2 N–H and O–H groups in total. The summed E-state index contributed by atoms with van der Waals surface area (Å²) >= 11 is 0. The van der Waals surface area contributed by atoms with Crippen LogP contribution in [-0.2, 0) is 17.9 Å². The van der Waals surface area contributed by atoms with Gasteiger partial charge in [-0.1, -0.05) is 13.0 Å². The van der Waals surface area contributed by atoms with Gasteiger partial charge in [-0.3, -0.25) is 0 Å². The highest BCUT2D eigenvalue weighted by Crippen LogP contribution is 2.19. The third-order valence-corrected chi connectivity index (χ3v) is 3.30. The summed E-state index contributed by atoms with van der Waals surface area (Å²) in [5.41, 5.74) is 8.72. The zero-order chi connectivity index (χ0) is 15.4. The van der Waals surface area contributed by atoms with Gasteiger partial charge in [0.15, 0.2) is 12.4 Å². The second kappa shape index (κ2) is 6.39. The SMILES string of the molecule is CCCn1ncnc1COC(=O)c1cc(N)c(C)cc1C. The van der Waals surface area contributed by atoms with Crippen molar-refractivity contribution in [1.82, 2.24) is 14.8 Å². The van der Waals surface area contributed by atoms with E-state index in [9.17, 15) is 4.79 Å². The number of carbonyl (C=O) groups is 1. The number of aryl methyl sites for hydroxylation is 3. The molecule has 0 fully saturated rings. The zero-order valence-electron chi connectivity index (χ0n) is 12.6. The maximum absolute atomic E-state index is 12.2. The van der Waals surface area contributed by atoms with E-state index < -0.39 is 5.97 Å². The van der Waals surface area contributed by atoms with E-state index >= 15 is 0 Å². The van der Waals surface area contributed by atoms with E-state index in [0.717, 1.165) is 24.1 Å². The third-order valence-electron chi connectivity index (χ3n) is 3.30. The number of benzene rings is 1. The number of esters is 1. The summed E-state index contributed by atoms with van der Waals surface area (Å²) < 4.78 is 7.06. The molecule has 0 aliphatic carbocycles. The fourth-order valence-electron chi connectivity index (χ4n) is 2.10. The number of carbonyl (C=O) groups excluding carboxylic acids is 1. The van der Waals surface area contributed by atoms with Gasteiger partial charge in [-0.05, 0) is 37.5 Å². The summed E-state index contributed by atoms with van der Waals surface area (Å²) in [5.74, 6) is 0.244. The molecule has 0 atom stereocenters. The van der Waals surface area contributed by atoms with Crippen LogP contribution in [0.5, 0.6) is 0 Å². The Kier molecular flexibility index (Phi) is 4.57. The number of hydrogen-bond donors (Lipinski definition) is 1. The van der Waals surface area contributed by atoms with Gasteiger partial charge in [0.25, 0.3) is 0 Å². The molecule has 2 aromatic rings. The molecule has 0 radical (unpaired) electrons. The molecular weight excluding hydrogens is 268 g/mol. The molecule has 1 aromatic carbocycles. The quantitative estimate of drug-likeness (QED) is 0.674. The maximum atomic E-state index is 12.2. The molecule has 0 amide bonds. The van der Waals surface area contributed by atoms with Crippen LogP contribution in [0.15, 0.2) is 18.5 Å². The van der Waals surface area contributed by atoms with Crippen LogP contribution in [0.1, 0.15) is 40.7 Å². The second-order valence-electron chi connectivity index (χ2n) is 5.00. The molecule has 6 nitrogen and oxygen atoms in total. The van der Waals surface area contributed by atoms with Crippen molar-refractivity contribution >= 4 is 11.7 Å². The first-order chi connectivity index (χ1) is 10.0. The molecular formula is C15H20N4O2. The molecule has 0 saturated carbocycles. The number of ether oxygens (including phenoxy) is 1. The van der Waals surface area contributed by atoms with Crippen molar-refractivity contribution < 1.29 is 9.53 Å². The number of anilines is 1. The second-order valence-corrected chi connectivity index (χ2v) is 5.00. The first-order valence-corrected chi connectivity index (χ1v) is 6.93. The van der Waals surface area contributed by atoms with E-state index in [4.69, 9.17) is 10.5 Å². The molecule has 112 valence electrons. The molecule has 0 spiro atoms. The first kappa shape index (κ1) is 15.0. The highest BCUT2D eigenvalue weighted by atomic mass is 16.5. The lowest BCUT2D eigenvalue weighted by molar-refractivity contribution is 0.0456. The van der Waals surface area contributed by atoms with Gasteiger partial charge in [-0.2, -0.15) is 5.10 Å². The number of nitrogen functional groups attached to an aromatic ring is 1. The molecule has 6 heteroatoms. The van der Waals surface area contributed by atoms with Crippen molar-refractivity contribution in [2.24, 2.45) is 0 Å². The Bertz CT molecular complexity index is 649. The lowest BCUT2D eigenvalue weighted by Crippen LogP contribution is -2.12. The topological polar surface area (TPSA) is 83.0 Å². The summed E-state index contributed by atoms with van der Waals surface area (Å²) in [6, 6.07) is 3.54. The van der Waals surface area contributed by atoms with Crippen molar-refractivity contribution in [1.29, 1.82) is 0 Å². The van der Waals surface area contributed by atoms with Crippen molar-refractivity contribution in [3.63, 3.8) is 0 Å². The van der Waals surface area contributed by atoms with Crippen molar-refractivity contribution in [3.05, 3.63) is 41.0 Å². The minimum absolute atomic E-state index is 0.103. The van der Waals surface area contributed by atoms with Crippen molar-refractivity contribution in [3.8, 4) is 0 Å². The predicted molar refractivity (Wildman–Crippen MR) is 79.8 cm³/mol. The Morgan fingerprint density at radius 3 is 2.81 bits per heavy atom. The summed E-state index contributed by atoms with van der Waals surface area (Å²) in [5, 5.41) is 4.09. The van der Waals surface area contributed by atoms with Gasteiger partial charge in [0.2, 0.25) is 0 Å². The molecule has 0 bridgehead atoms. The predicted octanol–water partition coefficient (Wildman–Crippen LogP) is 2.24. The minimum atomic E-state index is -0.398. The smallest absolute Gasteiger partial charge is 0.338 e. The largest absolute Gasteiger partial charge is 0.454 e. The van der Waals surface area contributed by atoms with Crippen molar-refractivity contribution in [2.75, 3.05) is 5.73 Å². The number of nitrogens with zero attached hydrogens (tertiary/aromatic N) is 3. The highest BCUT2D eigenvalue weighted by molar-refractivity contribution is 5.92. The fourth-order valence-corrected chi connectivity index (χ4v) is 2.10. The minimum Gasteiger partial charge on any atom is -0.454 e. The van der Waals surface area contributed by atoms with Crippen LogP contribution in [0, 0.1) is 13.8 Å². The third kappa shape index (κ3) is 3.39. The Morgan fingerprint density at radius 1 is 1.33 bits per heavy atom. The van der Waals surface area contributed by atoms with E-state index in [0.29, 0.717) is 17.1 Å². The summed E-state index contributed by atoms with van der Waals surface area (Å²) in [7, 11) is 0. The van der Waals surface area contributed by atoms with Gasteiger partial charge in [0, 0.05) is 12.2 Å². The molecule has 0 aliphatic heterocycles. The summed E-state index contributed by atoms with van der Waals surface area (Å²) in [6.45, 7) is 6.68. The summed E-state index contributed by atoms with van der Waals surface area (Å²) in [4.78, 5) is 16.3. The Morgan fingerprint density at radius 2 is 2.10 bits per heavy atom. The van der Waals surface area contributed by atoms with Crippen LogP contribution in [0.4, 0.5) is 5.69 Å². The molecule has 1 heterocycles. The van der Waals surface area contributed by atoms with E-state index in [1.54, 1.807) is 10.7 Å². The average molecular weight is 288 g/mol. The maximum Gasteiger partial charge on any atom is 0.338 e. The van der Waals surface area contributed by atoms with Crippen LogP contribution >= 0.6 is 0 Å². The number of aromatic nitrogens is 3. The van der Waals surface area contributed by atoms with Crippen LogP contribution in [0.2, 0.25) is 0 Å². The highest BCUT2D eigenvalue weighted by Gasteiger charge is 2.14. The van der Waals surface area contributed by atoms with Crippen molar-refractivity contribution in [2.45, 2.75) is 40.3 Å². The van der Waals surface area contributed by atoms with Gasteiger partial charge in [0.05, 0.1) is 5.56 Å². The molecule has 0 unspecified atom stereocenters. The first-order valence-electron chi connectivity index (χ1n) is 6.93. The number of hydrogen-bond acceptors (Lipinski definition) is 5. The molecule has 2 rings (SSSR count).